The van der Waals surface area contributed by atoms with Crippen molar-refractivity contribution in [1.82, 2.24) is 10.6 Å². The summed E-state index contributed by atoms with van der Waals surface area (Å²) in [5.74, 6) is -5.05. The molecule has 114 valence electrons. The van der Waals surface area contributed by atoms with Gasteiger partial charge in [-0.25, -0.2) is 4.39 Å². The largest absolute Gasteiger partial charge is 0.481 e. The number of benzene rings is 1. The molecule has 1 aromatic rings. The number of rotatable bonds is 7. The quantitative estimate of drug-likeness (QED) is 0.694. The summed E-state index contributed by atoms with van der Waals surface area (Å²) in [5.41, 5.74) is 0.201. The molecular weight excluding hydrogens is 279 g/mol. The minimum Gasteiger partial charge on any atom is -0.481 e. The highest BCUT2D eigenvalue weighted by Gasteiger charge is 2.16. The third-order valence-corrected chi connectivity index (χ3v) is 2.43. The van der Waals surface area contributed by atoms with Crippen LogP contribution in [0, 0.1) is 5.82 Å². The molecule has 7 heteroatoms. The fraction of sp³-hybridized carbons (Fsp3) is 0.357. The highest BCUT2D eigenvalue weighted by molar-refractivity contribution is 5.88. The van der Waals surface area contributed by atoms with E-state index < -0.39 is 42.4 Å². The number of carboxylic acids is 1. The van der Waals surface area contributed by atoms with E-state index in [1.807, 2.05) is 5.32 Å². The molecule has 0 unspecified atom stereocenters. The van der Waals surface area contributed by atoms with Gasteiger partial charge < -0.3 is 15.7 Å². The van der Waals surface area contributed by atoms with Gasteiger partial charge in [0.25, 0.3) is 0 Å². The molecule has 3 N–H and O–H groups in total. The van der Waals surface area contributed by atoms with Crippen molar-refractivity contribution in [3.8, 4) is 0 Å². The molecule has 2 amide bonds. The molecule has 0 saturated carbocycles. The van der Waals surface area contributed by atoms with Crippen LogP contribution in [0.1, 0.15) is 30.7 Å². The molecule has 21 heavy (non-hydrogen) atoms. The van der Waals surface area contributed by atoms with Crippen LogP contribution in [0.5, 0.6) is 0 Å². The molecular formula is C14H17FN2O4. The Bertz CT molecular complexity index is 685. The highest BCUT2D eigenvalue weighted by Crippen LogP contribution is 2.05. The zero-order chi connectivity index (χ0) is 19.4. The molecule has 0 aromatic heterocycles. The van der Waals surface area contributed by atoms with Crippen LogP contribution < -0.4 is 10.6 Å². The summed E-state index contributed by atoms with van der Waals surface area (Å²) in [6.07, 6.45) is -6.89. The summed E-state index contributed by atoms with van der Waals surface area (Å²) in [7, 11) is 0. The maximum Gasteiger partial charge on any atom is 0.303 e. The van der Waals surface area contributed by atoms with Gasteiger partial charge in [0.05, 0.1) is 6.37 Å². The predicted octanol–water partition coefficient (Wildman–Crippen LogP) is 0.811. The second kappa shape index (κ2) is 7.98. The predicted molar refractivity (Wildman–Crippen MR) is 72.7 cm³/mol. The first-order chi connectivity index (χ1) is 11.4. The third kappa shape index (κ3) is 6.03. The van der Waals surface area contributed by atoms with Crippen LogP contribution in [-0.4, -0.2) is 28.9 Å². The van der Waals surface area contributed by atoms with Crippen LogP contribution in [0.3, 0.4) is 0 Å². The van der Waals surface area contributed by atoms with Crippen LogP contribution in [0.25, 0.3) is 0 Å². The number of hydrogen-bond donors (Lipinski definition) is 3. The van der Waals surface area contributed by atoms with E-state index >= 15 is 0 Å². The normalized spacial score (nSPS) is 15.7. The Morgan fingerprint density at radius 3 is 2.62 bits per heavy atom. The Kier molecular flexibility index (Phi) is 4.27. The minimum atomic E-state index is -3.49. The lowest BCUT2D eigenvalue weighted by molar-refractivity contribution is -0.139. The van der Waals surface area contributed by atoms with Gasteiger partial charge in [0, 0.05) is 24.0 Å². The first-order valence-electron chi connectivity index (χ1n) is 7.96. The average Bonchev–Trinajstić information content (AvgIpc) is 2.53. The van der Waals surface area contributed by atoms with E-state index in [2.05, 4.69) is 5.32 Å². The van der Waals surface area contributed by atoms with Gasteiger partial charge in [-0.2, -0.15) is 0 Å². The number of hydrogen-bond acceptors (Lipinski definition) is 3. The van der Waals surface area contributed by atoms with Crippen molar-refractivity contribution in [3.05, 3.63) is 35.6 Å². The summed E-state index contributed by atoms with van der Waals surface area (Å²) in [6.45, 7) is 1.02. The van der Waals surface area contributed by atoms with Crippen LogP contribution in [0.4, 0.5) is 4.39 Å². The lowest BCUT2D eigenvalue weighted by Crippen LogP contribution is -2.44. The van der Waals surface area contributed by atoms with E-state index in [9.17, 15) is 18.8 Å². The summed E-state index contributed by atoms with van der Waals surface area (Å²) >= 11 is 0. The van der Waals surface area contributed by atoms with Gasteiger partial charge >= 0.3 is 5.97 Å². The summed E-state index contributed by atoms with van der Waals surface area (Å²) in [4.78, 5) is 34.5. The van der Waals surface area contributed by atoms with Crippen molar-refractivity contribution in [2.45, 2.75) is 32.3 Å². The molecule has 0 bridgehead atoms. The van der Waals surface area contributed by atoms with Gasteiger partial charge in [-0.3, -0.25) is 14.4 Å². The Morgan fingerprint density at radius 2 is 2.00 bits per heavy atom. The molecule has 1 atom stereocenters. The van der Waals surface area contributed by atoms with Gasteiger partial charge in [0.2, 0.25) is 11.8 Å². The number of halogens is 1. The monoisotopic (exact) mass is 300 g/mol. The smallest absolute Gasteiger partial charge is 0.303 e. The van der Waals surface area contributed by atoms with Crippen LogP contribution in [0.2, 0.25) is 0 Å². The third-order valence-electron chi connectivity index (χ3n) is 2.43. The standard InChI is InChI=1S/C14H17FN2O4/c1-9(17-12(18)6-7-13(19)20)14(21)16-8-10-4-2-3-5-11(10)15/h2-5,9H,6-8H2,1H3,(H,16,21)(H,17,18)(H,19,20)/t9-/m0/s1/i6D2,7D2. The molecule has 0 radical (unpaired) electrons. The van der Waals surface area contributed by atoms with Gasteiger partial charge in [0.1, 0.15) is 11.9 Å². The zero-order valence-electron chi connectivity index (χ0n) is 15.1. The van der Waals surface area contributed by atoms with E-state index in [0.29, 0.717) is 0 Å². The molecule has 1 rings (SSSR count). The summed E-state index contributed by atoms with van der Waals surface area (Å²) in [6, 6.07) is 4.40. The maximum absolute atomic E-state index is 13.4. The molecule has 0 fully saturated rings. The second-order valence-corrected chi connectivity index (χ2v) is 4.06. The van der Waals surface area contributed by atoms with Crippen molar-refractivity contribution in [3.63, 3.8) is 0 Å². The summed E-state index contributed by atoms with van der Waals surface area (Å²) < 4.78 is 42.6. The molecule has 1 aromatic carbocycles. The van der Waals surface area contributed by atoms with Crippen molar-refractivity contribution < 1.29 is 29.4 Å². The zero-order valence-corrected chi connectivity index (χ0v) is 11.1. The highest BCUT2D eigenvalue weighted by atomic mass is 19.1. The SMILES string of the molecule is [2H]C([2H])(C(=O)O)C([2H])([2H])C(=O)N[C@@H](C)C(=O)NCc1ccccc1F. The Hall–Kier alpha value is -2.44. The number of carbonyl (C=O) groups excluding carboxylic acids is 2. The summed E-state index contributed by atoms with van der Waals surface area (Å²) in [5, 5.41) is 12.9. The van der Waals surface area contributed by atoms with Crippen LogP contribution in [-0.2, 0) is 20.9 Å². The van der Waals surface area contributed by atoms with Gasteiger partial charge in [-0.15, -0.1) is 0 Å². The molecule has 0 heterocycles. The first-order valence-corrected chi connectivity index (χ1v) is 5.96. The van der Waals surface area contributed by atoms with Crippen molar-refractivity contribution >= 4 is 17.8 Å². The van der Waals surface area contributed by atoms with E-state index in [1.54, 1.807) is 6.07 Å². The van der Waals surface area contributed by atoms with E-state index in [4.69, 9.17) is 10.6 Å². The number of nitrogens with one attached hydrogen (secondary N) is 2. The minimum absolute atomic E-state index is 0.172. The maximum atomic E-state index is 13.4. The van der Waals surface area contributed by atoms with Gasteiger partial charge in [0.15, 0.2) is 0 Å². The number of carboxylic acid groups (broad SMARTS) is 1. The number of carbonyl (C=O) groups is 3. The van der Waals surface area contributed by atoms with E-state index in [-0.39, 0.29) is 12.1 Å². The van der Waals surface area contributed by atoms with Crippen molar-refractivity contribution in [2.75, 3.05) is 0 Å². The van der Waals surface area contributed by atoms with Crippen LogP contribution >= 0.6 is 0 Å². The Morgan fingerprint density at radius 1 is 1.33 bits per heavy atom. The van der Waals surface area contributed by atoms with Crippen LogP contribution in [0.15, 0.2) is 24.3 Å². The van der Waals surface area contributed by atoms with Gasteiger partial charge in [-0.1, -0.05) is 18.2 Å². The van der Waals surface area contributed by atoms with Crippen molar-refractivity contribution in [1.29, 1.82) is 0 Å². The molecule has 0 spiro atoms. The molecule has 0 aliphatic heterocycles. The second-order valence-electron chi connectivity index (χ2n) is 4.06. The average molecular weight is 300 g/mol. The lowest BCUT2D eigenvalue weighted by Gasteiger charge is -2.14. The molecule has 0 saturated heterocycles. The Labute approximate surface area is 127 Å². The Balaban J connectivity index is 2.70. The van der Waals surface area contributed by atoms with Crippen molar-refractivity contribution in [2.24, 2.45) is 0 Å². The fourth-order valence-electron chi connectivity index (χ4n) is 1.39. The fourth-order valence-corrected chi connectivity index (χ4v) is 1.39. The van der Waals surface area contributed by atoms with E-state index in [1.165, 1.54) is 25.1 Å². The number of amides is 2. The van der Waals surface area contributed by atoms with Gasteiger partial charge in [-0.05, 0) is 13.0 Å². The first kappa shape index (κ1) is 11.2. The van der Waals surface area contributed by atoms with E-state index in [0.717, 1.165) is 0 Å². The molecule has 6 nitrogen and oxygen atoms in total. The molecule has 0 aliphatic carbocycles. The topological polar surface area (TPSA) is 95.5 Å². The lowest BCUT2D eigenvalue weighted by atomic mass is 10.2. The number of aliphatic carboxylic acids is 1. The molecule has 0 aliphatic rings.